The molecule has 0 amide bonds. The summed E-state index contributed by atoms with van der Waals surface area (Å²) in [4.78, 5) is 4.15. The molecular formula is C14H13Cl3N2O. The number of pyridine rings is 1. The summed E-state index contributed by atoms with van der Waals surface area (Å²) in [5, 5.41) is 4.39. The van der Waals surface area contributed by atoms with Crippen LogP contribution in [0.4, 0.5) is 0 Å². The van der Waals surface area contributed by atoms with Crippen LogP contribution in [0.15, 0.2) is 30.5 Å². The molecule has 0 atom stereocenters. The van der Waals surface area contributed by atoms with Gasteiger partial charge in [-0.05, 0) is 24.2 Å². The summed E-state index contributed by atoms with van der Waals surface area (Å²) in [5.74, 6) is 0.884. The van der Waals surface area contributed by atoms with Crippen LogP contribution in [0.3, 0.4) is 0 Å². The number of nitrogens with zero attached hydrogens (tertiary/aromatic N) is 1. The van der Waals surface area contributed by atoms with E-state index in [1.165, 1.54) is 0 Å². The molecule has 1 aromatic heterocycles. The maximum Gasteiger partial charge on any atom is 0.219 e. The molecule has 1 aromatic carbocycles. The first-order valence-corrected chi connectivity index (χ1v) is 7.21. The summed E-state index contributed by atoms with van der Waals surface area (Å²) in [6.07, 6.45) is 1.69. The number of benzene rings is 1. The molecule has 0 aliphatic carbocycles. The zero-order chi connectivity index (χ0) is 14.5. The van der Waals surface area contributed by atoms with Crippen LogP contribution in [0.2, 0.25) is 15.1 Å². The van der Waals surface area contributed by atoms with E-state index in [1.54, 1.807) is 18.3 Å². The van der Waals surface area contributed by atoms with Crippen molar-refractivity contribution in [2.75, 3.05) is 6.54 Å². The van der Waals surface area contributed by atoms with Crippen molar-refractivity contribution in [2.24, 2.45) is 0 Å². The Morgan fingerprint density at radius 2 is 1.85 bits per heavy atom. The highest BCUT2D eigenvalue weighted by molar-refractivity contribution is 6.43. The van der Waals surface area contributed by atoms with E-state index in [2.05, 4.69) is 10.3 Å². The number of halogens is 3. The fourth-order valence-corrected chi connectivity index (χ4v) is 2.16. The van der Waals surface area contributed by atoms with Crippen LogP contribution in [0.1, 0.15) is 12.5 Å². The van der Waals surface area contributed by atoms with Crippen molar-refractivity contribution in [1.82, 2.24) is 10.3 Å². The van der Waals surface area contributed by atoms with E-state index in [4.69, 9.17) is 39.5 Å². The molecule has 0 aliphatic rings. The molecular weight excluding hydrogens is 319 g/mol. The van der Waals surface area contributed by atoms with Gasteiger partial charge in [0.2, 0.25) is 5.88 Å². The first-order valence-electron chi connectivity index (χ1n) is 6.08. The van der Waals surface area contributed by atoms with E-state index in [0.29, 0.717) is 26.7 Å². The van der Waals surface area contributed by atoms with Crippen LogP contribution in [-0.4, -0.2) is 11.5 Å². The van der Waals surface area contributed by atoms with Gasteiger partial charge in [-0.15, -0.1) is 0 Å². The lowest BCUT2D eigenvalue weighted by atomic mass is 10.2. The van der Waals surface area contributed by atoms with Gasteiger partial charge in [0.05, 0.1) is 15.1 Å². The molecule has 0 unspecified atom stereocenters. The van der Waals surface area contributed by atoms with Gasteiger partial charge in [0, 0.05) is 24.9 Å². The Labute approximate surface area is 132 Å². The van der Waals surface area contributed by atoms with Gasteiger partial charge >= 0.3 is 0 Å². The molecule has 0 bridgehead atoms. The van der Waals surface area contributed by atoms with E-state index in [1.807, 2.05) is 19.1 Å². The Kier molecular flexibility index (Phi) is 5.49. The molecule has 2 rings (SSSR count). The molecule has 0 radical (unpaired) electrons. The Balaban J connectivity index is 2.19. The first kappa shape index (κ1) is 15.4. The van der Waals surface area contributed by atoms with Gasteiger partial charge in [-0.25, -0.2) is 4.98 Å². The Bertz CT molecular complexity index is 605. The average molecular weight is 332 g/mol. The third kappa shape index (κ3) is 4.00. The molecule has 0 saturated carbocycles. The molecule has 0 aliphatic heterocycles. The van der Waals surface area contributed by atoms with Crippen molar-refractivity contribution >= 4 is 34.8 Å². The molecule has 2 aromatic rings. The second-order valence-corrected chi connectivity index (χ2v) is 5.30. The summed E-state index contributed by atoms with van der Waals surface area (Å²) in [6.45, 7) is 3.70. The monoisotopic (exact) mass is 330 g/mol. The van der Waals surface area contributed by atoms with Crippen molar-refractivity contribution in [2.45, 2.75) is 13.5 Å². The highest BCUT2D eigenvalue weighted by atomic mass is 35.5. The van der Waals surface area contributed by atoms with Gasteiger partial charge in [0.25, 0.3) is 0 Å². The van der Waals surface area contributed by atoms with E-state index >= 15 is 0 Å². The summed E-state index contributed by atoms with van der Waals surface area (Å²) >= 11 is 17.9. The van der Waals surface area contributed by atoms with Gasteiger partial charge in [0.1, 0.15) is 5.75 Å². The number of rotatable bonds is 5. The average Bonchev–Trinajstić information content (AvgIpc) is 2.43. The second kappa shape index (κ2) is 7.14. The summed E-state index contributed by atoms with van der Waals surface area (Å²) in [6, 6.07) is 6.89. The van der Waals surface area contributed by atoms with Gasteiger partial charge in [-0.3, -0.25) is 0 Å². The largest absolute Gasteiger partial charge is 0.437 e. The van der Waals surface area contributed by atoms with Crippen molar-refractivity contribution in [3.8, 4) is 11.6 Å². The summed E-state index contributed by atoms with van der Waals surface area (Å²) in [7, 11) is 0. The SMILES string of the molecule is CCNCc1ccnc(Oc2cc(Cl)c(Cl)cc2Cl)c1. The number of aromatic nitrogens is 1. The fourth-order valence-electron chi connectivity index (χ4n) is 1.58. The van der Waals surface area contributed by atoms with Crippen LogP contribution < -0.4 is 10.1 Å². The molecule has 0 fully saturated rings. The number of hydrogen-bond donors (Lipinski definition) is 1. The molecule has 6 heteroatoms. The second-order valence-electron chi connectivity index (χ2n) is 4.08. The maximum atomic E-state index is 6.07. The fraction of sp³-hybridized carbons (Fsp3) is 0.214. The van der Waals surface area contributed by atoms with Crippen LogP contribution in [0.5, 0.6) is 11.6 Å². The molecule has 1 heterocycles. The van der Waals surface area contributed by atoms with Gasteiger partial charge < -0.3 is 10.1 Å². The molecule has 106 valence electrons. The normalized spacial score (nSPS) is 10.6. The molecule has 20 heavy (non-hydrogen) atoms. The lowest BCUT2D eigenvalue weighted by Crippen LogP contribution is -2.11. The highest BCUT2D eigenvalue weighted by Crippen LogP contribution is 2.35. The minimum absolute atomic E-state index is 0.384. The van der Waals surface area contributed by atoms with E-state index in [0.717, 1.165) is 18.7 Å². The Morgan fingerprint density at radius 1 is 1.10 bits per heavy atom. The zero-order valence-electron chi connectivity index (χ0n) is 10.8. The van der Waals surface area contributed by atoms with Crippen LogP contribution in [-0.2, 0) is 6.54 Å². The van der Waals surface area contributed by atoms with Crippen molar-refractivity contribution < 1.29 is 4.74 Å². The third-order valence-corrected chi connectivity index (χ3v) is 3.59. The van der Waals surface area contributed by atoms with E-state index in [-0.39, 0.29) is 0 Å². The molecule has 0 saturated heterocycles. The number of ether oxygens (including phenoxy) is 1. The minimum Gasteiger partial charge on any atom is -0.437 e. The number of nitrogens with one attached hydrogen (secondary N) is 1. The van der Waals surface area contributed by atoms with E-state index in [9.17, 15) is 0 Å². The van der Waals surface area contributed by atoms with Gasteiger partial charge in [-0.2, -0.15) is 0 Å². The van der Waals surface area contributed by atoms with E-state index < -0.39 is 0 Å². The number of hydrogen-bond acceptors (Lipinski definition) is 3. The standard InChI is InChI=1S/C14H13Cl3N2O/c1-2-18-8-9-3-4-19-14(5-9)20-13-7-11(16)10(15)6-12(13)17/h3-7,18H,2,8H2,1H3. The maximum absolute atomic E-state index is 6.07. The molecule has 0 spiro atoms. The Morgan fingerprint density at radius 3 is 2.60 bits per heavy atom. The zero-order valence-corrected chi connectivity index (χ0v) is 13.1. The smallest absolute Gasteiger partial charge is 0.219 e. The predicted molar refractivity (Wildman–Crippen MR) is 83.2 cm³/mol. The molecule has 1 N–H and O–H groups in total. The summed E-state index contributed by atoms with van der Waals surface area (Å²) < 4.78 is 5.65. The van der Waals surface area contributed by atoms with Gasteiger partial charge in [-0.1, -0.05) is 41.7 Å². The quantitative estimate of drug-likeness (QED) is 0.788. The van der Waals surface area contributed by atoms with Crippen molar-refractivity contribution in [1.29, 1.82) is 0 Å². The Hall–Kier alpha value is -1.000. The van der Waals surface area contributed by atoms with Crippen LogP contribution >= 0.6 is 34.8 Å². The van der Waals surface area contributed by atoms with Crippen LogP contribution in [0.25, 0.3) is 0 Å². The minimum atomic E-state index is 0.384. The lowest BCUT2D eigenvalue weighted by molar-refractivity contribution is 0.462. The topological polar surface area (TPSA) is 34.2 Å². The van der Waals surface area contributed by atoms with Gasteiger partial charge in [0.15, 0.2) is 0 Å². The van der Waals surface area contributed by atoms with Crippen LogP contribution in [0, 0.1) is 0 Å². The van der Waals surface area contributed by atoms with Crippen molar-refractivity contribution in [3.63, 3.8) is 0 Å². The van der Waals surface area contributed by atoms with Crippen molar-refractivity contribution in [3.05, 3.63) is 51.1 Å². The third-order valence-electron chi connectivity index (χ3n) is 2.57. The predicted octanol–water partition coefficient (Wildman–Crippen LogP) is 4.94. The molecule has 3 nitrogen and oxygen atoms in total. The lowest BCUT2D eigenvalue weighted by Gasteiger charge is -2.09. The first-order chi connectivity index (χ1) is 9.60. The highest BCUT2D eigenvalue weighted by Gasteiger charge is 2.09. The summed E-state index contributed by atoms with van der Waals surface area (Å²) in [5.41, 5.74) is 1.08.